The van der Waals surface area contributed by atoms with Crippen LogP contribution in [-0.2, 0) is 11.3 Å². The quantitative estimate of drug-likeness (QED) is 0.688. The van der Waals surface area contributed by atoms with Gasteiger partial charge in [0.2, 0.25) is 5.95 Å². The minimum Gasteiger partial charge on any atom is -0.376 e. The fraction of sp³-hybridized carbons (Fsp3) is 0.316. The maximum absolute atomic E-state index is 12.0. The molecular weight excluding hydrogens is 330 g/mol. The predicted molar refractivity (Wildman–Crippen MR) is 99.6 cm³/mol. The molecule has 134 valence electrons. The van der Waals surface area contributed by atoms with Gasteiger partial charge in [0.25, 0.3) is 5.56 Å². The van der Waals surface area contributed by atoms with Crippen molar-refractivity contribution in [2.24, 2.45) is 5.92 Å². The SMILES string of the molecule is C=C1C(COCc2ccccc2)CC[C@@H]1n1cnc2c(=O)[nH]c(N)nc21. The van der Waals surface area contributed by atoms with E-state index in [0.29, 0.717) is 24.4 Å². The highest BCUT2D eigenvalue weighted by molar-refractivity contribution is 5.70. The first-order valence-corrected chi connectivity index (χ1v) is 8.66. The lowest BCUT2D eigenvalue weighted by Crippen LogP contribution is -2.15. The van der Waals surface area contributed by atoms with E-state index in [1.807, 2.05) is 22.8 Å². The number of nitrogens with two attached hydrogens (primary N) is 1. The summed E-state index contributed by atoms with van der Waals surface area (Å²) in [6, 6.07) is 10.2. The molecule has 7 nitrogen and oxygen atoms in total. The van der Waals surface area contributed by atoms with E-state index in [0.717, 1.165) is 24.0 Å². The van der Waals surface area contributed by atoms with Gasteiger partial charge in [-0.2, -0.15) is 4.98 Å². The average Bonchev–Trinajstić information content (AvgIpc) is 3.20. The van der Waals surface area contributed by atoms with Crippen LogP contribution in [0.25, 0.3) is 11.2 Å². The van der Waals surface area contributed by atoms with Gasteiger partial charge in [-0.1, -0.05) is 36.9 Å². The number of nitrogen functional groups attached to an aromatic ring is 1. The summed E-state index contributed by atoms with van der Waals surface area (Å²) in [6.07, 6.45) is 3.55. The number of imidazole rings is 1. The van der Waals surface area contributed by atoms with Crippen molar-refractivity contribution in [2.45, 2.75) is 25.5 Å². The van der Waals surface area contributed by atoms with Crippen LogP contribution in [0.5, 0.6) is 0 Å². The summed E-state index contributed by atoms with van der Waals surface area (Å²) in [6.45, 7) is 5.50. The van der Waals surface area contributed by atoms with Gasteiger partial charge in [-0.15, -0.1) is 0 Å². The number of benzene rings is 1. The van der Waals surface area contributed by atoms with Gasteiger partial charge in [0.1, 0.15) is 0 Å². The van der Waals surface area contributed by atoms with E-state index in [-0.39, 0.29) is 23.5 Å². The molecule has 1 saturated carbocycles. The number of fused-ring (bicyclic) bond motifs is 1. The van der Waals surface area contributed by atoms with Gasteiger partial charge < -0.3 is 15.0 Å². The fourth-order valence-corrected chi connectivity index (χ4v) is 3.57. The van der Waals surface area contributed by atoms with Crippen molar-refractivity contribution < 1.29 is 4.74 Å². The summed E-state index contributed by atoms with van der Waals surface area (Å²) in [5.41, 5.74) is 8.41. The number of H-pyrrole nitrogens is 1. The molecule has 0 radical (unpaired) electrons. The minimum atomic E-state index is -0.322. The van der Waals surface area contributed by atoms with Gasteiger partial charge >= 0.3 is 0 Å². The monoisotopic (exact) mass is 351 g/mol. The van der Waals surface area contributed by atoms with Crippen molar-refractivity contribution >= 4 is 17.1 Å². The Morgan fingerprint density at radius 3 is 2.92 bits per heavy atom. The van der Waals surface area contributed by atoms with Crippen LogP contribution in [0.1, 0.15) is 24.4 Å². The van der Waals surface area contributed by atoms with Crippen LogP contribution in [0.2, 0.25) is 0 Å². The Balaban J connectivity index is 1.47. The average molecular weight is 351 g/mol. The molecule has 1 fully saturated rings. The van der Waals surface area contributed by atoms with Gasteiger partial charge in [0.15, 0.2) is 11.2 Å². The number of hydrogen-bond acceptors (Lipinski definition) is 5. The number of nitrogens with one attached hydrogen (secondary N) is 1. The highest BCUT2D eigenvalue weighted by Gasteiger charge is 2.31. The van der Waals surface area contributed by atoms with Gasteiger partial charge in [0, 0.05) is 5.92 Å². The smallest absolute Gasteiger partial charge is 0.280 e. The van der Waals surface area contributed by atoms with Crippen molar-refractivity contribution in [2.75, 3.05) is 12.3 Å². The minimum absolute atomic E-state index is 0.0547. The molecule has 26 heavy (non-hydrogen) atoms. The molecule has 1 unspecified atom stereocenters. The third kappa shape index (κ3) is 3.01. The Labute approximate surface area is 150 Å². The maximum atomic E-state index is 12.0. The molecule has 7 heteroatoms. The lowest BCUT2D eigenvalue weighted by atomic mass is 10.0. The number of aromatic amines is 1. The van der Waals surface area contributed by atoms with Gasteiger partial charge in [-0.3, -0.25) is 9.78 Å². The van der Waals surface area contributed by atoms with Gasteiger partial charge in [-0.05, 0) is 24.0 Å². The molecule has 1 aliphatic carbocycles. The molecule has 2 aromatic heterocycles. The summed E-state index contributed by atoms with van der Waals surface area (Å²) in [7, 11) is 0. The number of rotatable bonds is 5. The second-order valence-electron chi connectivity index (χ2n) is 6.64. The van der Waals surface area contributed by atoms with E-state index in [4.69, 9.17) is 10.5 Å². The second kappa shape index (κ2) is 6.76. The Hall–Kier alpha value is -2.93. The summed E-state index contributed by atoms with van der Waals surface area (Å²) in [5.74, 6) is 0.371. The molecule has 0 spiro atoms. The molecule has 0 bridgehead atoms. The Kier molecular flexibility index (Phi) is 4.30. The van der Waals surface area contributed by atoms with Crippen LogP contribution < -0.4 is 11.3 Å². The van der Waals surface area contributed by atoms with Gasteiger partial charge in [0.05, 0.1) is 25.6 Å². The van der Waals surface area contributed by atoms with Crippen LogP contribution in [-0.4, -0.2) is 26.1 Å². The van der Waals surface area contributed by atoms with Crippen LogP contribution in [0, 0.1) is 5.92 Å². The summed E-state index contributed by atoms with van der Waals surface area (Å²) in [5, 5.41) is 0. The lowest BCUT2D eigenvalue weighted by molar-refractivity contribution is 0.0980. The van der Waals surface area contributed by atoms with Crippen molar-refractivity contribution in [1.29, 1.82) is 0 Å². The van der Waals surface area contributed by atoms with Crippen molar-refractivity contribution in [3.63, 3.8) is 0 Å². The van der Waals surface area contributed by atoms with Crippen LogP contribution >= 0.6 is 0 Å². The molecule has 1 aliphatic rings. The summed E-state index contributed by atoms with van der Waals surface area (Å²) in [4.78, 5) is 22.9. The van der Waals surface area contributed by atoms with E-state index < -0.39 is 0 Å². The van der Waals surface area contributed by atoms with Gasteiger partial charge in [-0.25, -0.2) is 4.98 Å². The van der Waals surface area contributed by atoms with E-state index in [2.05, 4.69) is 33.7 Å². The molecule has 3 N–H and O–H groups in total. The van der Waals surface area contributed by atoms with Crippen LogP contribution in [0.3, 0.4) is 0 Å². The van der Waals surface area contributed by atoms with E-state index in [1.54, 1.807) is 6.33 Å². The Bertz CT molecular complexity index is 992. The molecule has 3 aromatic rings. The van der Waals surface area contributed by atoms with Crippen LogP contribution in [0.4, 0.5) is 5.95 Å². The lowest BCUT2D eigenvalue weighted by Gasteiger charge is -2.17. The molecule has 4 rings (SSSR count). The van der Waals surface area contributed by atoms with Crippen molar-refractivity contribution in [3.8, 4) is 0 Å². The molecule has 2 heterocycles. The summed E-state index contributed by atoms with van der Waals surface area (Å²) < 4.78 is 7.79. The number of anilines is 1. The maximum Gasteiger partial charge on any atom is 0.280 e. The second-order valence-corrected chi connectivity index (χ2v) is 6.64. The molecule has 0 aliphatic heterocycles. The van der Waals surface area contributed by atoms with E-state index in [9.17, 15) is 4.79 Å². The molecular formula is C19H21N5O2. The molecule has 2 atom stereocenters. The zero-order chi connectivity index (χ0) is 18.1. The third-order valence-corrected chi connectivity index (χ3v) is 4.96. The zero-order valence-electron chi connectivity index (χ0n) is 14.4. The van der Waals surface area contributed by atoms with Crippen molar-refractivity contribution in [1.82, 2.24) is 19.5 Å². The molecule has 0 amide bonds. The topological polar surface area (TPSA) is 98.8 Å². The Morgan fingerprint density at radius 2 is 2.12 bits per heavy atom. The number of aromatic nitrogens is 4. The first-order chi connectivity index (χ1) is 12.6. The fourth-order valence-electron chi connectivity index (χ4n) is 3.57. The van der Waals surface area contributed by atoms with E-state index in [1.165, 1.54) is 0 Å². The Morgan fingerprint density at radius 1 is 1.31 bits per heavy atom. The normalized spacial score (nSPS) is 20.1. The highest BCUT2D eigenvalue weighted by Crippen LogP contribution is 2.40. The predicted octanol–water partition coefficient (Wildman–Crippen LogP) is 2.43. The van der Waals surface area contributed by atoms with Crippen molar-refractivity contribution in [3.05, 3.63) is 64.7 Å². The van der Waals surface area contributed by atoms with E-state index >= 15 is 0 Å². The standard InChI is InChI=1S/C19H21N5O2/c1-12-14(10-26-9-13-5-3-2-4-6-13)7-8-15(12)24-11-21-16-17(24)22-19(20)23-18(16)25/h2-6,11,14-15H,1,7-10H2,(H3,20,22,23,25)/t14?,15-/m0/s1. The zero-order valence-corrected chi connectivity index (χ0v) is 14.4. The van der Waals surface area contributed by atoms with Crippen LogP contribution in [0.15, 0.2) is 53.6 Å². The third-order valence-electron chi connectivity index (χ3n) is 4.96. The summed E-state index contributed by atoms with van der Waals surface area (Å²) >= 11 is 0. The number of nitrogens with zero attached hydrogens (tertiary/aromatic N) is 3. The first-order valence-electron chi connectivity index (χ1n) is 8.66. The molecule has 1 aromatic carbocycles. The first kappa shape index (κ1) is 16.5. The highest BCUT2D eigenvalue weighted by atomic mass is 16.5. The largest absolute Gasteiger partial charge is 0.376 e. The molecule has 0 saturated heterocycles. The number of hydrogen-bond donors (Lipinski definition) is 2. The number of ether oxygens (including phenoxy) is 1.